The summed E-state index contributed by atoms with van der Waals surface area (Å²) in [7, 11) is 0. The van der Waals surface area contributed by atoms with E-state index in [1.807, 2.05) is 5.32 Å². The van der Waals surface area contributed by atoms with Crippen molar-refractivity contribution in [2.24, 2.45) is 0 Å². The number of aliphatic hydroxyl groups is 1. The molecule has 0 spiro atoms. The van der Waals surface area contributed by atoms with E-state index < -0.39 is 41.5 Å². The molecule has 3 rings (SSSR count). The van der Waals surface area contributed by atoms with Gasteiger partial charge in [0.15, 0.2) is 0 Å². The summed E-state index contributed by atoms with van der Waals surface area (Å²) in [6, 6.07) is 9.89. The van der Waals surface area contributed by atoms with Crippen molar-refractivity contribution in [3.63, 3.8) is 0 Å². The van der Waals surface area contributed by atoms with Crippen LogP contribution in [0.5, 0.6) is 0 Å². The molecule has 32 heavy (non-hydrogen) atoms. The number of hydrogen-bond acceptors (Lipinski definition) is 4. The minimum absolute atomic E-state index is 0.0624. The van der Waals surface area contributed by atoms with Gasteiger partial charge >= 0.3 is 12.4 Å². The average Bonchev–Trinajstić information content (AvgIpc) is 3.12. The minimum atomic E-state index is -5.11. The molecular weight excluding hydrogens is 442 g/mol. The van der Waals surface area contributed by atoms with Gasteiger partial charge in [0, 0.05) is 5.56 Å². The van der Waals surface area contributed by atoms with Gasteiger partial charge in [0.05, 0.1) is 12.1 Å². The summed E-state index contributed by atoms with van der Waals surface area (Å²) in [5.41, 5.74) is -5.09. The van der Waals surface area contributed by atoms with Crippen LogP contribution < -0.4 is 5.32 Å². The first-order chi connectivity index (χ1) is 14.8. The lowest BCUT2D eigenvalue weighted by Crippen LogP contribution is -2.51. The Morgan fingerprint density at radius 2 is 1.56 bits per heavy atom. The van der Waals surface area contributed by atoms with Crippen molar-refractivity contribution in [3.8, 4) is 11.3 Å². The number of nitrogens with zero attached hydrogens (tertiary/aromatic N) is 1. The number of amides is 1. The Labute approximate surface area is 177 Å². The van der Waals surface area contributed by atoms with E-state index in [9.17, 15) is 36.2 Å². The molecule has 0 saturated heterocycles. The maximum atomic E-state index is 13.6. The standard InChI is InChI=1S/C21H16F6N2O3/c1-12-16(17(29-32-12)13-7-9-15(10-8-13)20(22,23)24)18(30)28-11-19(31,21(25,26)27)14-5-3-2-4-6-14/h2-10,31H,11H2,1H3,(H,28,30). The number of aromatic nitrogens is 1. The molecule has 0 saturated carbocycles. The number of hydrogen-bond donors (Lipinski definition) is 2. The van der Waals surface area contributed by atoms with Gasteiger partial charge in [0.1, 0.15) is 17.0 Å². The Balaban J connectivity index is 1.88. The maximum absolute atomic E-state index is 13.6. The number of nitrogens with one attached hydrogen (secondary N) is 1. The molecule has 0 radical (unpaired) electrons. The molecule has 1 atom stereocenters. The Bertz CT molecular complexity index is 1090. The Morgan fingerprint density at radius 1 is 0.969 bits per heavy atom. The van der Waals surface area contributed by atoms with Crippen LogP contribution in [0.15, 0.2) is 59.1 Å². The summed E-state index contributed by atoms with van der Waals surface area (Å²) in [5, 5.41) is 16.0. The monoisotopic (exact) mass is 458 g/mol. The van der Waals surface area contributed by atoms with Crippen LogP contribution in [-0.2, 0) is 11.8 Å². The number of carbonyl (C=O) groups excluding carboxylic acids is 1. The first kappa shape index (κ1) is 23.3. The second kappa shape index (κ2) is 8.30. The topological polar surface area (TPSA) is 75.4 Å². The molecule has 11 heteroatoms. The van der Waals surface area contributed by atoms with E-state index in [1.54, 1.807) is 0 Å². The van der Waals surface area contributed by atoms with Gasteiger partial charge in [0.2, 0.25) is 5.60 Å². The maximum Gasteiger partial charge on any atom is 0.423 e. The van der Waals surface area contributed by atoms with Crippen LogP contribution in [0.1, 0.15) is 27.2 Å². The summed E-state index contributed by atoms with van der Waals surface area (Å²) in [4.78, 5) is 12.7. The van der Waals surface area contributed by atoms with Gasteiger partial charge in [-0.25, -0.2) is 0 Å². The van der Waals surface area contributed by atoms with Crippen molar-refractivity contribution < 1.29 is 40.8 Å². The predicted octanol–water partition coefficient (Wildman–Crippen LogP) is 4.85. The third kappa shape index (κ3) is 4.47. The highest BCUT2D eigenvalue weighted by molar-refractivity contribution is 6.00. The van der Waals surface area contributed by atoms with Gasteiger partial charge in [0.25, 0.3) is 5.91 Å². The minimum Gasteiger partial charge on any atom is -0.375 e. The molecule has 2 aromatic carbocycles. The van der Waals surface area contributed by atoms with Gasteiger partial charge in [-0.3, -0.25) is 4.79 Å². The fraction of sp³-hybridized carbons (Fsp3) is 0.238. The van der Waals surface area contributed by atoms with Crippen LogP contribution in [0.4, 0.5) is 26.3 Å². The van der Waals surface area contributed by atoms with Crippen LogP contribution in [0.2, 0.25) is 0 Å². The van der Waals surface area contributed by atoms with Crippen molar-refractivity contribution in [3.05, 3.63) is 77.0 Å². The van der Waals surface area contributed by atoms with Gasteiger partial charge in [-0.15, -0.1) is 0 Å². The van der Waals surface area contributed by atoms with Crippen LogP contribution in [0.3, 0.4) is 0 Å². The van der Waals surface area contributed by atoms with Crippen molar-refractivity contribution in [1.82, 2.24) is 10.5 Å². The third-order valence-electron chi connectivity index (χ3n) is 4.80. The molecule has 0 aliphatic heterocycles. The molecule has 0 bridgehead atoms. The molecule has 170 valence electrons. The highest BCUT2D eigenvalue weighted by atomic mass is 19.4. The zero-order valence-electron chi connectivity index (χ0n) is 16.4. The highest BCUT2D eigenvalue weighted by Gasteiger charge is 2.55. The SMILES string of the molecule is Cc1onc(-c2ccc(C(F)(F)F)cc2)c1C(=O)NCC(O)(c1ccccc1)C(F)(F)F. The van der Waals surface area contributed by atoms with Crippen molar-refractivity contribution in [2.75, 3.05) is 6.54 Å². The van der Waals surface area contributed by atoms with Crippen LogP contribution in [-0.4, -0.2) is 28.9 Å². The normalized spacial score (nSPS) is 14.1. The first-order valence-electron chi connectivity index (χ1n) is 9.11. The molecular formula is C21H16F6N2O3. The van der Waals surface area contributed by atoms with E-state index in [0.29, 0.717) is 0 Å². The number of alkyl halides is 6. The lowest BCUT2D eigenvalue weighted by Gasteiger charge is -2.31. The van der Waals surface area contributed by atoms with Crippen molar-refractivity contribution in [1.29, 1.82) is 0 Å². The number of carbonyl (C=O) groups is 1. The van der Waals surface area contributed by atoms with E-state index in [0.717, 1.165) is 36.4 Å². The number of halogens is 6. The zero-order valence-corrected chi connectivity index (χ0v) is 16.4. The predicted molar refractivity (Wildman–Crippen MR) is 100 cm³/mol. The molecule has 2 N–H and O–H groups in total. The highest BCUT2D eigenvalue weighted by Crippen LogP contribution is 2.38. The number of aryl methyl sites for hydroxylation is 1. The van der Waals surface area contributed by atoms with E-state index in [-0.39, 0.29) is 22.6 Å². The lowest BCUT2D eigenvalue weighted by atomic mass is 9.92. The average molecular weight is 458 g/mol. The first-order valence-corrected chi connectivity index (χ1v) is 9.11. The second-order valence-corrected chi connectivity index (χ2v) is 6.94. The summed E-state index contributed by atoms with van der Waals surface area (Å²) in [5.74, 6) is -1.11. The van der Waals surface area contributed by atoms with Crippen LogP contribution in [0.25, 0.3) is 11.3 Å². The van der Waals surface area contributed by atoms with Gasteiger partial charge < -0.3 is 14.9 Å². The molecule has 3 aromatic rings. The van der Waals surface area contributed by atoms with Crippen LogP contribution in [0, 0.1) is 6.92 Å². The van der Waals surface area contributed by atoms with Gasteiger partial charge in [-0.2, -0.15) is 26.3 Å². The molecule has 0 fully saturated rings. The molecule has 1 unspecified atom stereocenters. The van der Waals surface area contributed by atoms with E-state index in [2.05, 4.69) is 5.16 Å². The summed E-state index contributed by atoms with van der Waals surface area (Å²) >= 11 is 0. The smallest absolute Gasteiger partial charge is 0.375 e. The summed E-state index contributed by atoms with van der Waals surface area (Å²) < 4.78 is 84.1. The van der Waals surface area contributed by atoms with Crippen molar-refractivity contribution in [2.45, 2.75) is 24.9 Å². The fourth-order valence-electron chi connectivity index (χ4n) is 3.03. The molecule has 1 heterocycles. The molecule has 1 amide bonds. The Hall–Kier alpha value is -3.34. The molecule has 0 aliphatic rings. The Kier molecular flexibility index (Phi) is 6.05. The Morgan fingerprint density at radius 3 is 2.09 bits per heavy atom. The third-order valence-corrected chi connectivity index (χ3v) is 4.80. The van der Waals surface area contributed by atoms with Gasteiger partial charge in [-0.1, -0.05) is 47.6 Å². The molecule has 1 aromatic heterocycles. The molecule has 5 nitrogen and oxygen atoms in total. The van der Waals surface area contributed by atoms with Crippen LogP contribution >= 0.6 is 0 Å². The number of benzene rings is 2. The lowest BCUT2D eigenvalue weighted by molar-refractivity contribution is -0.263. The van der Waals surface area contributed by atoms with Gasteiger partial charge in [-0.05, 0) is 24.6 Å². The van der Waals surface area contributed by atoms with E-state index in [4.69, 9.17) is 4.52 Å². The van der Waals surface area contributed by atoms with E-state index >= 15 is 0 Å². The summed E-state index contributed by atoms with van der Waals surface area (Å²) in [6.07, 6.45) is -9.68. The zero-order chi connectivity index (χ0) is 23.7. The summed E-state index contributed by atoms with van der Waals surface area (Å²) in [6.45, 7) is 0.110. The number of rotatable bonds is 5. The largest absolute Gasteiger partial charge is 0.423 e. The fourth-order valence-corrected chi connectivity index (χ4v) is 3.03. The van der Waals surface area contributed by atoms with E-state index in [1.165, 1.54) is 25.1 Å². The van der Waals surface area contributed by atoms with Crippen molar-refractivity contribution >= 4 is 5.91 Å². The molecule has 0 aliphatic carbocycles. The quantitative estimate of drug-likeness (QED) is 0.536. The second-order valence-electron chi connectivity index (χ2n) is 6.94.